The second kappa shape index (κ2) is 9.18. The first-order valence-electron chi connectivity index (χ1n) is 10.1. The number of aromatic nitrogens is 2. The third-order valence-corrected chi connectivity index (χ3v) is 5.03. The number of ketones is 1. The highest BCUT2D eigenvalue weighted by Crippen LogP contribution is 2.18. The van der Waals surface area contributed by atoms with Crippen LogP contribution >= 0.6 is 0 Å². The first-order chi connectivity index (χ1) is 14.7. The molecule has 0 bridgehead atoms. The molecule has 3 aromatic carbocycles. The van der Waals surface area contributed by atoms with Gasteiger partial charge in [-0.2, -0.15) is 0 Å². The molecule has 0 fully saturated rings. The van der Waals surface area contributed by atoms with E-state index in [-0.39, 0.29) is 18.2 Å². The highest BCUT2D eigenvalue weighted by molar-refractivity contribution is 5.96. The summed E-state index contributed by atoms with van der Waals surface area (Å²) in [5.41, 5.74) is 3.17. The number of nitrogens with zero attached hydrogens (tertiary/aromatic N) is 2. The number of rotatable bonds is 8. The average Bonchev–Trinajstić information content (AvgIpc) is 3.15. The molecule has 4 rings (SSSR count). The van der Waals surface area contributed by atoms with Crippen LogP contribution in [0.15, 0.2) is 84.9 Å². The van der Waals surface area contributed by atoms with E-state index in [0.717, 1.165) is 23.3 Å². The van der Waals surface area contributed by atoms with E-state index in [9.17, 15) is 9.59 Å². The highest BCUT2D eigenvalue weighted by atomic mass is 16.1. The molecule has 30 heavy (non-hydrogen) atoms. The van der Waals surface area contributed by atoms with Crippen molar-refractivity contribution in [3.05, 3.63) is 102 Å². The number of para-hydroxylation sites is 2. The van der Waals surface area contributed by atoms with Gasteiger partial charge in [0.2, 0.25) is 0 Å². The third-order valence-electron chi connectivity index (χ3n) is 5.03. The summed E-state index contributed by atoms with van der Waals surface area (Å²) in [4.78, 5) is 29.7. The number of aryl methyl sites for hydroxylation is 1. The van der Waals surface area contributed by atoms with Crippen molar-refractivity contribution in [2.75, 3.05) is 6.54 Å². The van der Waals surface area contributed by atoms with Gasteiger partial charge in [-0.05, 0) is 30.7 Å². The van der Waals surface area contributed by atoms with Gasteiger partial charge in [0, 0.05) is 24.1 Å². The number of benzene rings is 3. The Hall–Kier alpha value is -3.73. The van der Waals surface area contributed by atoms with Gasteiger partial charge < -0.3 is 9.88 Å². The molecular formula is C25H23N3O2. The van der Waals surface area contributed by atoms with Gasteiger partial charge in [0.25, 0.3) is 5.91 Å². The number of imidazole rings is 1. The number of nitrogens with one attached hydrogen (secondary N) is 1. The smallest absolute Gasteiger partial charge is 0.251 e. The van der Waals surface area contributed by atoms with Crippen LogP contribution in [0.3, 0.4) is 0 Å². The molecule has 0 aliphatic carbocycles. The maximum absolute atomic E-state index is 12.8. The Morgan fingerprint density at radius 3 is 2.17 bits per heavy atom. The van der Waals surface area contributed by atoms with Crippen molar-refractivity contribution in [3.8, 4) is 0 Å². The van der Waals surface area contributed by atoms with Crippen molar-refractivity contribution in [3.63, 3.8) is 0 Å². The minimum absolute atomic E-state index is 0.0531. The van der Waals surface area contributed by atoms with Crippen LogP contribution in [0, 0.1) is 0 Å². The van der Waals surface area contributed by atoms with Gasteiger partial charge in [-0.15, -0.1) is 0 Å². The maximum Gasteiger partial charge on any atom is 0.251 e. The standard InChI is InChI=1S/C25H23N3O2/c29-23(19-10-3-1-4-11-19)18-28-22-15-8-7-14-21(22)27-24(28)16-9-17-26-25(30)20-12-5-2-6-13-20/h1-8,10-15H,9,16-18H2,(H,26,30). The Bertz CT molecular complexity index is 1150. The van der Waals surface area contributed by atoms with E-state index in [0.29, 0.717) is 24.1 Å². The molecule has 0 atom stereocenters. The molecule has 0 saturated carbocycles. The molecule has 4 aromatic rings. The lowest BCUT2D eigenvalue weighted by atomic mass is 10.1. The summed E-state index contributed by atoms with van der Waals surface area (Å²) < 4.78 is 1.99. The Labute approximate surface area is 175 Å². The zero-order valence-corrected chi connectivity index (χ0v) is 16.6. The molecular weight excluding hydrogens is 374 g/mol. The van der Waals surface area contributed by atoms with Crippen molar-refractivity contribution in [2.24, 2.45) is 0 Å². The zero-order valence-electron chi connectivity index (χ0n) is 16.6. The van der Waals surface area contributed by atoms with E-state index in [1.54, 1.807) is 12.1 Å². The first kappa shape index (κ1) is 19.6. The molecule has 5 heteroatoms. The molecule has 1 aromatic heterocycles. The molecule has 1 N–H and O–H groups in total. The fourth-order valence-corrected chi connectivity index (χ4v) is 3.49. The molecule has 0 radical (unpaired) electrons. The van der Waals surface area contributed by atoms with E-state index in [1.807, 2.05) is 77.4 Å². The molecule has 5 nitrogen and oxygen atoms in total. The zero-order chi connectivity index (χ0) is 20.8. The molecule has 0 saturated heterocycles. The molecule has 150 valence electrons. The minimum atomic E-state index is -0.0802. The van der Waals surface area contributed by atoms with Gasteiger partial charge in [-0.1, -0.05) is 60.7 Å². The lowest BCUT2D eigenvalue weighted by molar-refractivity contribution is 0.0951. The summed E-state index contributed by atoms with van der Waals surface area (Å²) in [5, 5.41) is 2.95. The minimum Gasteiger partial charge on any atom is -0.352 e. The van der Waals surface area contributed by atoms with E-state index >= 15 is 0 Å². The number of carbonyl (C=O) groups is 2. The number of hydrogen-bond acceptors (Lipinski definition) is 3. The summed E-state index contributed by atoms with van der Waals surface area (Å²) in [6.07, 6.45) is 1.41. The van der Waals surface area contributed by atoms with E-state index in [1.165, 1.54) is 0 Å². The van der Waals surface area contributed by atoms with Crippen LogP contribution in [0.25, 0.3) is 11.0 Å². The summed E-state index contributed by atoms with van der Waals surface area (Å²) in [7, 11) is 0. The van der Waals surface area contributed by atoms with Crippen molar-refractivity contribution >= 4 is 22.7 Å². The summed E-state index contributed by atoms with van der Waals surface area (Å²) in [6, 6.07) is 26.3. The van der Waals surface area contributed by atoms with Gasteiger partial charge >= 0.3 is 0 Å². The highest BCUT2D eigenvalue weighted by Gasteiger charge is 2.14. The molecule has 1 amide bonds. The molecule has 1 heterocycles. The Balaban J connectivity index is 1.45. The van der Waals surface area contributed by atoms with Crippen LogP contribution in [0.1, 0.15) is 33.0 Å². The lowest BCUT2D eigenvalue weighted by Gasteiger charge is -2.09. The molecule has 0 spiro atoms. The number of hydrogen-bond donors (Lipinski definition) is 1. The number of Topliss-reactive ketones (excluding diaryl/α,β-unsaturated/α-hetero) is 1. The maximum atomic E-state index is 12.8. The first-order valence-corrected chi connectivity index (χ1v) is 10.1. The monoisotopic (exact) mass is 397 g/mol. The normalized spacial score (nSPS) is 10.8. The quantitative estimate of drug-likeness (QED) is 0.356. The van der Waals surface area contributed by atoms with Gasteiger partial charge in [0.05, 0.1) is 17.6 Å². The second-order valence-corrected chi connectivity index (χ2v) is 7.12. The fraction of sp³-hybridized carbons (Fsp3) is 0.160. The van der Waals surface area contributed by atoms with Gasteiger partial charge in [0.15, 0.2) is 5.78 Å². The van der Waals surface area contributed by atoms with Crippen LogP contribution in [-0.4, -0.2) is 27.8 Å². The van der Waals surface area contributed by atoms with E-state index in [2.05, 4.69) is 5.32 Å². The lowest BCUT2D eigenvalue weighted by Crippen LogP contribution is -2.25. The molecule has 0 aliphatic heterocycles. The largest absolute Gasteiger partial charge is 0.352 e. The number of carbonyl (C=O) groups excluding carboxylic acids is 2. The third kappa shape index (κ3) is 4.46. The summed E-state index contributed by atoms with van der Waals surface area (Å²) in [5.74, 6) is 0.829. The molecule has 0 aliphatic rings. The van der Waals surface area contributed by atoms with Crippen molar-refractivity contribution < 1.29 is 9.59 Å². The average molecular weight is 397 g/mol. The van der Waals surface area contributed by atoms with Crippen LogP contribution in [0.5, 0.6) is 0 Å². The van der Waals surface area contributed by atoms with E-state index in [4.69, 9.17) is 4.98 Å². The van der Waals surface area contributed by atoms with Gasteiger partial charge in [0.1, 0.15) is 5.82 Å². The van der Waals surface area contributed by atoms with Gasteiger partial charge in [-0.3, -0.25) is 9.59 Å². The van der Waals surface area contributed by atoms with Gasteiger partial charge in [-0.25, -0.2) is 4.98 Å². The Morgan fingerprint density at radius 2 is 1.43 bits per heavy atom. The topological polar surface area (TPSA) is 64.0 Å². The summed E-state index contributed by atoms with van der Waals surface area (Å²) >= 11 is 0. The van der Waals surface area contributed by atoms with Crippen molar-refractivity contribution in [1.82, 2.24) is 14.9 Å². The van der Waals surface area contributed by atoms with Crippen molar-refractivity contribution in [2.45, 2.75) is 19.4 Å². The second-order valence-electron chi connectivity index (χ2n) is 7.12. The summed E-state index contributed by atoms with van der Waals surface area (Å²) in [6.45, 7) is 0.791. The van der Waals surface area contributed by atoms with Crippen LogP contribution in [0.4, 0.5) is 0 Å². The Morgan fingerprint density at radius 1 is 0.800 bits per heavy atom. The molecule has 0 unspecified atom stereocenters. The van der Waals surface area contributed by atoms with Crippen LogP contribution in [0.2, 0.25) is 0 Å². The fourth-order valence-electron chi connectivity index (χ4n) is 3.49. The predicted molar refractivity (Wildman–Crippen MR) is 118 cm³/mol. The Kier molecular flexibility index (Phi) is 5.99. The number of fused-ring (bicyclic) bond motifs is 1. The predicted octanol–water partition coefficient (Wildman–Crippen LogP) is 4.28. The van der Waals surface area contributed by atoms with Crippen LogP contribution in [-0.2, 0) is 13.0 Å². The van der Waals surface area contributed by atoms with Crippen molar-refractivity contribution in [1.29, 1.82) is 0 Å². The van der Waals surface area contributed by atoms with Crippen LogP contribution < -0.4 is 5.32 Å². The number of amides is 1. The van der Waals surface area contributed by atoms with E-state index < -0.39 is 0 Å². The SMILES string of the molecule is O=C(Cn1c(CCCNC(=O)c2ccccc2)nc2ccccc21)c1ccccc1.